The molecule has 2 aromatic carbocycles. The Morgan fingerprint density at radius 1 is 1.03 bits per heavy atom. The van der Waals surface area contributed by atoms with Crippen molar-refractivity contribution in [2.45, 2.75) is 20.4 Å². The van der Waals surface area contributed by atoms with Crippen molar-refractivity contribution in [2.24, 2.45) is 0 Å². The molecule has 30 heavy (non-hydrogen) atoms. The molecule has 0 spiro atoms. The molecule has 0 saturated carbocycles. The maximum Gasteiger partial charge on any atom is 0.264 e. The van der Waals surface area contributed by atoms with E-state index >= 15 is 0 Å². The predicted molar refractivity (Wildman–Crippen MR) is 118 cm³/mol. The van der Waals surface area contributed by atoms with Crippen LogP contribution in [0.3, 0.4) is 0 Å². The van der Waals surface area contributed by atoms with Crippen LogP contribution in [0.4, 0.5) is 0 Å². The van der Waals surface area contributed by atoms with E-state index in [2.05, 4.69) is 21.1 Å². The first kappa shape index (κ1) is 18.5. The Bertz CT molecular complexity index is 1460. The number of nitrogens with zero attached hydrogens (tertiary/aromatic N) is 5. The Hall–Kier alpha value is -3.51. The summed E-state index contributed by atoms with van der Waals surface area (Å²) >= 11 is 6.37. The fourth-order valence-electron chi connectivity index (χ4n) is 3.75. The Labute approximate surface area is 177 Å². The summed E-state index contributed by atoms with van der Waals surface area (Å²) in [5.74, 6) is 0. The van der Waals surface area contributed by atoms with Gasteiger partial charge in [0.15, 0.2) is 5.65 Å². The van der Waals surface area contributed by atoms with Crippen molar-refractivity contribution < 1.29 is 0 Å². The Morgan fingerprint density at radius 3 is 2.60 bits per heavy atom. The summed E-state index contributed by atoms with van der Waals surface area (Å²) in [6.07, 6.45) is 3.11. The predicted octanol–water partition coefficient (Wildman–Crippen LogP) is 4.45. The lowest BCUT2D eigenvalue weighted by Crippen LogP contribution is -2.21. The van der Waals surface area contributed by atoms with Gasteiger partial charge in [0, 0.05) is 10.9 Å². The van der Waals surface area contributed by atoms with Gasteiger partial charge in [-0.2, -0.15) is 5.10 Å². The van der Waals surface area contributed by atoms with Crippen LogP contribution in [0.15, 0.2) is 65.8 Å². The lowest BCUT2D eigenvalue weighted by atomic mass is 10.1. The zero-order valence-corrected chi connectivity index (χ0v) is 17.3. The minimum atomic E-state index is -0.167. The van der Waals surface area contributed by atoms with Gasteiger partial charge in [0.1, 0.15) is 16.9 Å². The molecule has 5 rings (SSSR count). The van der Waals surface area contributed by atoms with Gasteiger partial charge in [-0.05, 0) is 49.2 Å². The second-order valence-electron chi connectivity index (χ2n) is 7.45. The minimum absolute atomic E-state index is 0.167. The van der Waals surface area contributed by atoms with Gasteiger partial charge in [-0.15, -0.1) is 0 Å². The van der Waals surface area contributed by atoms with Crippen molar-refractivity contribution in [1.82, 2.24) is 24.3 Å². The molecule has 3 heterocycles. The largest absolute Gasteiger partial charge is 0.294 e. The second kappa shape index (κ2) is 7.07. The Balaban J connectivity index is 1.58. The molecule has 0 saturated heterocycles. The minimum Gasteiger partial charge on any atom is -0.294 e. The summed E-state index contributed by atoms with van der Waals surface area (Å²) in [6, 6.07) is 15.8. The third-order valence-electron chi connectivity index (χ3n) is 5.10. The molecule has 0 amide bonds. The van der Waals surface area contributed by atoms with Gasteiger partial charge in [0.25, 0.3) is 5.56 Å². The molecule has 5 aromatic rings. The van der Waals surface area contributed by atoms with Crippen LogP contribution in [0.5, 0.6) is 0 Å². The van der Waals surface area contributed by atoms with E-state index in [4.69, 9.17) is 11.6 Å². The van der Waals surface area contributed by atoms with Gasteiger partial charge in [-0.3, -0.25) is 9.36 Å². The van der Waals surface area contributed by atoms with Gasteiger partial charge in [-0.1, -0.05) is 35.9 Å². The van der Waals surface area contributed by atoms with Crippen molar-refractivity contribution in [2.75, 3.05) is 0 Å². The summed E-state index contributed by atoms with van der Waals surface area (Å²) in [4.78, 5) is 22.1. The van der Waals surface area contributed by atoms with Crippen LogP contribution in [-0.4, -0.2) is 24.3 Å². The smallest absolute Gasteiger partial charge is 0.264 e. The number of rotatable bonds is 3. The van der Waals surface area contributed by atoms with Crippen LogP contribution in [0.25, 0.3) is 27.6 Å². The highest BCUT2D eigenvalue weighted by Gasteiger charge is 2.14. The molecule has 0 radical (unpaired) electrons. The van der Waals surface area contributed by atoms with E-state index in [1.165, 1.54) is 10.9 Å². The average Bonchev–Trinajstić information content (AvgIpc) is 3.15. The van der Waals surface area contributed by atoms with E-state index in [9.17, 15) is 4.79 Å². The first-order valence-corrected chi connectivity index (χ1v) is 9.93. The first-order chi connectivity index (χ1) is 14.5. The van der Waals surface area contributed by atoms with E-state index in [-0.39, 0.29) is 12.1 Å². The molecule has 0 aliphatic heterocycles. The number of fused-ring (bicyclic) bond motifs is 2. The van der Waals surface area contributed by atoms with E-state index in [0.717, 1.165) is 33.3 Å². The molecule has 148 valence electrons. The molecule has 0 fully saturated rings. The Morgan fingerprint density at radius 2 is 1.80 bits per heavy atom. The van der Waals surface area contributed by atoms with Gasteiger partial charge in [-0.25, -0.2) is 14.6 Å². The van der Waals surface area contributed by atoms with Crippen LogP contribution in [0.2, 0.25) is 5.15 Å². The van der Waals surface area contributed by atoms with Crippen molar-refractivity contribution in [3.05, 3.63) is 93.3 Å². The second-order valence-corrected chi connectivity index (χ2v) is 7.81. The van der Waals surface area contributed by atoms with Gasteiger partial charge >= 0.3 is 0 Å². The Kier molecular flexibility index (Phi) is 4.37. The summed E-state index contributed by atoms with van der Waals surface area (Å²) in [7, 11) is 0. The van der Waals surface area contributed by atoms with E-state index in [0.29, 0.717) is 16.2 Å². The summed E-state index contributed by atoms with van der Waals surface area (Å²) in [6.45, 7) is 4.35. The molecule has 3 aromatic heterocycles. The number of aryl methyl sites for hydroxylation is 2. The lowest BCUT2D eigenvalue weighted by molar-refractivity contribution is 0.744. The number of benzene rings is 2. The third kappa shape index (κ3) is 3.15. The highest BCUT2D eigenvalue weighted by molar-refractivity contribution is 6.30. The summed E-state index contributed by atoms with van der Waals surface area (Å²) < 4.78 is 3.24. The first-order valence-electron chi connectivity index (χ1n) is 9.55. The number of hydrogen-bond donors (Lipinski definition) is 0. The topological polar surface area (TPSA) is 65.6 Å². The standard InChI is InChI=1S/C23H18ClN5O/c1-14-7-15(2)9-18(8-14)29-22-19(11-26-29)23(30)28(13-25-22)12-17-10-16-5-3-4-6-20(16)27-21(17)24/h3-11,13H,12H2,1-2H3. The van der Waals surface area contributed by atoms with Gasteiger partial charge in [0.05, 0.1) is 23.9 Å². The number of halogens is 1. The molecular weight excluding hydrogens is 398 g/mol. The monoisotopic (exact) mass is 415 g/mol. The molecule has 0 atom stereocenters. The molecule has 0 aliphatic carbocycles. The van der Waals surface area contributed by atoms with Gasteiger partial charge < -0.3 is 0 Å². The molecule has 0 unspecified atom stereocenters. The van der Waals surface area contributed by atoms with Gasteiger partial charge in [0.2, 0.25) is 0 Å². The lowest BCUT2D eigenvalue weighted by Gasteiger charge is -2.09. The SMILES string of the molecule is Cc1cc(C)cc(-n2ncc3c(=O)n(Cc4cc5ccccc5nc4Cl)cnc32)c1. The van der Waals surface area contributed by atoms with E-state index in [1.54, 1.807) is 10.9 Å². The van der Waals surface area contributed by atoms with Crippen LogP contribution in [-0.2, 0) is 6.54 Å². The quantitative estimate of drug-likeness (QED) is 0.408. The average molecular weight is 416 g/mol. The van der Waals surface area contributed by atoms with E-state index < -0.39 is 0 Å². The fraction of sp³-hybridized carbons (Fsp3) is 0.130. The fourth-order valence-corrected chi connectivity index (χ4v) is 3.96. The maximum atomic E-state index is 13.1. The number of hydrogen-bond acceptors (Lipinski definition) is 4. The van der Waals surface area contributed by atoms with Crippen molar-refractivity contribution >= 4 is 33.5 Å². The zero-order chi connectivity index (χ0) is 20.8. The molecular formula is C23H18ClN5O. The van der Waals surface area contributed by atoms with Crippen LogP contribution < -0.4 is 5.56 Å². The molecule has 0 N–H and O–H groups in total. The summed E-state index contributed by atoms with van der Waals surface area (Å²) in [5.41, 5.74) is 5.08. The van der Waals surface area contributed by atoms with E-state index in [1.807, 2.05) is 56.3 Å². The normalized spacial score (nSPS) is 11.4. The third-order valence-corrected chi connectivity index (χ3v) is 5.42. The summed E-state index contributed by atoms with van der Waals surface area (Å²) in [5, 5.41) is 6.23. The van der Waals surface area contributed by atoms with Crippen LogP contribution in [0, 0.1) is 13.8 Å². The number of pyridine rings is 1. The highest BCUT2D eigenvalue weighted by Crippen LogP contribution is 2.21. The number of aromatic nitrogens is 5. The van der Waals surface area contributed by atoms with Crippen LogP contribution >= 0.6 is 11.6 Å². The number of para-hydroxylation sites is 1. The maximum absolute atomic E-state index is 13.1. The van der Waals surface area contributed by atoms with Crippen LogP contribution in [0.1, 0.15) is 16.7 Å². The molecule has 0 bridgehead atoms. The molecule has 7 heteroatoms. The van der Waals surface area contributed by atoms with Crippen molar-refractivity contribution in [3.8, 4) is 5.69 Å². The van der Waals surface area contributed by atoms with Crippen molar-refractivity contribution in [3.63, 3.8) is 0 Å². The zero-order valence-electron chi connectivity index (χ0n) is 16.5. The molecule has 6 nitrogen and oxygen atoms in total. The highest BCUT2D eigenvalue weighted by atomic mass is 35.5. The molecule has 0 aliphatic rings. The van der Waals surface area contributed by atoms with Crippen molar-refractivity contribution in [1.29, 1.82) is 0 Å².